The van der Waals surface area contributed by atoms with E-state index in [-0.39, 0.29) is 50.7 Å². The number of benzene rings is 4. The Labute approximate surface area is 556 Å². The minimum Gasteiger partial charge on any atom is -0.458 e. The summed E-state index contributed by atoms with van der Waals surface area (Å²) < 4.78 is 194. The standard InChI is InChI=1S/C23H26F6O2.C19H32O2.C17H25F3O.C16H21F3O3/c1-6-15(3)16-7-9-18(10-8-16)21(4,23(27,28)29)31-20(30-5)17-11-14(2)12-19(13-17)22(24,25)26;1-6-18(4,5)17(20)21-19(12(2)3)15-8-13-7-14(10-15)11-16(19)9-13;1-7-12(2)13-8-10-14(11-9-13)16(6,17(18,19)20)21-15(3,4)5;1-6-15(3,4)14(20)22-13(21-5)11-7-10(2)8-12(9-11)16(17,18)19/h7-13,15,20H,6H2,1-5H3;12-16H,6-11H2,1-5H3;8-12H,7H2,1-6H3;7-9,13H,6H2,1-5H3. The molecule has 0 heterocycles. The summed E-state index contributed by atoms with van der Waals surface area (Å²) in [6.07, 6.45) is -11.5. The number of hydrogen-bond acceptors (Lipinski definition) is 8. The van der Waals surface area contributed by atoms with Crippen LogP contribution in [0.4, 0.5) is 52.7 Å². The smallest absolute Gasteiger partial charge is 0.421 e. The fourth-order valence-electron chi connectivity index (χ4n) is 12.9. The predicted octanol–water partition coefficient (Wildman–Crippen LogP) is 22.9. The van der Waals surface area contributed by atoms with Crippen LogP contribution in [0.3, 0.4) is 0 Å². The minimum absolute atomic E-state index is 0.0335. The summed E-state index contributed by atoms with van der Waals surface area (Å²) in [6.45, 7) is 33.8. The van der Waals surface area contributed by atoms with Gasteiger partial charge >= 0.3 is 36.6 Å². The summed E-state index contributed by atoms with van der Waals surface area (Å²) in [5, 5.41) is 0. The lowest BCUT2D eigenvalue weighted by molar-refractivity contribution is -0.324. The van der Waals surface area contributed by atoms with Gasteiger partial charge in [-0.15, -0.1) is 0 Å². The molecule has 6 unspecified atom stereocenters. The van der Waals surface area contributed by atoms with Crippen molar-refractivity contribution in [2.45, 2.75) is 261 Å². The van der Waals surface area contributed by atoms with E-state index in [0.29, 0.717) is 35.7 Å². The molecule has 0 spiro atoms. The fourth-order valence-corrected chi connectivity index (χ4v) is 12.9. The van der Waals surface area contributed by atoms with Crippen LogP contribution in [0.1, 0.15) is 256 Å². The summed E-state index contributed by atoms with van der Waals surface area (Å²) >= 11 is 0. The molecule has 4 bridgehead atoms. The van der Waals surface area contributed by atoms with Crippen LogP contribution in [0.2, 0.25) is 0 Å². The molecule has 95 heavy (non-hydrogen) atoms. The SMILES string of the molecule is CCC(C)(C)C(=O)OC(OC)c1cc(C)cc(C(F)(F)F)c1.CCC(C)(C)C(=O)OC1(C(C)C)C2CC3CC(C2)CC1C3.CCC(C)c1ccc(C(C)(OC(C)(C)C)C(F)(F)F)cc1.CCC(C)c1ccc(C(C)(OC(OC)c2cc(C)cc(C(F)(F)F)c2)C(F)(F)F)cc1. The largest absolute Gasteiger partial charge is 0.458 e. The van der Waals surface area contributed by atoms with Crippen LogP contribution in [0.5, 0.6) is 0 Å². The molecule has 4 fully saturated rings. The molecule has 0 saturated heterocycles. The van der Waals surface area contributed by atoms with Crippen molar-refractivity contribution >= 4 is 11.9 Å². The van der Waals surface area contributed by atoms with E-state index >= 15 is 0 Å². The maximum Gasteiger partial charge on any atom is 0.421 e. The molecule has 4 saturated carbocycles. The van der Waals surface area contributed by atoms with Crippen LogP contribution < -0.4 is 0 Å². The third-order valence-corrected chi connectivity index (χ3v) is 19.7. The molecule has 536 valence electrons. The van der Waals surface area contributed by atoms with Gasteiger partial charge in [0.15, 0.2) is 17.5 Å². The van der Waals surface area contributed by atoms with Crippen LogP contribution in [0.25, 0.3) is 0 Å². The number of alkyl halides is 12. The molecule has 6 atom stereocenters. The van der Waals surface area contributed by atoms with Gasteiger partial charge in [0.2, 0.25) is 6.29 Å². The Kier molecular flexibility index (Phi) is 27.5. The van der Waals surface area contributed by atoms with Crippen LogP contribution in [0, 0.1) is 54.3 Å². The molecule has 4 aromatic rings. The molecule has 0 aliphatic heterocycles. The van der Waals surface area contributed by atoms with Gasteiger partial charge in [0, 0.05) is 25.3 Å². The van der Waals surface area contributed by atoms with E-state index in [4.69, 9.17) is 28.4 Å². The molecule has 0 aromatic heterocycles. The van der Waals surface area contributed by atoms with Gasteiger partial charge in [-0.3, -0.25) is 9.59 Å². The van der Waals surface area contributed by atoms with Crippen LogP contribution in [-0.4, -0.2) is 49.7 Å². The average Bonchev–Trinajstić information content (AvgIpc) is 0.721. The normalized spacial score (nSPS) is 21.7. The first kappa shape index (κ1) is 82.2. The number of hydrogen-bond donors (Lipinski definition) is 0. The van der Waals surface area contributed by atoms with Crippen LogP contribution in [0.15, 0.2) is 84.9 Å². The molecule has 8 rings (SSSR count). The van der Waals surface area contributed by atoms with E-state index < -0.39 is 76.6 Å². The third-order valence-electron chi connectivity index (χ3n) is 19.7. The topological polar surface area (TPSA) is 89.5 Å². The number of halogens is 12. The number of carbonyl (C=O) groups excluding carboxylic acids is 2. The van der Waals surface area contributed by atoms with E-state index in [9.17, 15) is 62.3 Å². The first-order valence-corrected chi connectivity index (χ1v) is 33.0. The molecule has 8 nitrogen and oxygen atoms in total. The zero-order valence-corrected chi connectivity index (χ0v) is 59.4. The lowest BCUT2D eigenvalue weighted by atomic mass is 9.47. The van der Waals surface area contributed by atoms with Crippen molar-refractivity contribution < 1.29 is 90.7 Å². The fraction of sp³-hybridized carbons (Fsp3) is 0.653. The Bertz CT molecular complexity index is 3080. The maximum absolute atomic E-state index is 14.1. The quantitative estimate of drug-likeness (QED) is 0.0491. The van der Waals surface area contributed by atoms with Crippen molar-refractivity contribution in [2.24, 2.45) is 40.4 Å². The summed E-state index contributed by atoms with van der Waals surface area (Å²) in [5.41, 5.74) is -6.49. The highest BCUT2D eigenvalue weighted by atomic mass is 19.4. The van der Waals surface area contributed by atoms with Gasteiger partial charge < -0.3 is 28.4 Å². The zero-order chi connectivity index (χ0) is 72.6. The van der Waals surface area contributed by atoms with Gasteiger partial charge in [-0.1, -0.05) is 121 Å². The zero-order valence-electron chi connectivity index (χ0n) is 59.4. The lowest BCUT2D eigenvalue weighted by Gasteiger charge is -2.62. The van der Waals surface area contributed by atoms with E-state index in [0.717, 1.165) is 87.4 Å². The van der Waals surface area contributed by atoms with Crippen molar-refractivity contribution in [3.63, 3.8) is 0 Å². The van der Waals surface area contributed by atoms with E-state index in [1.807, 2.05) is 34.6 Å². The number of carbonyl (C=O) groups is 2. The molecule has 0 N–H and O–H groups in total. The van der Waals surface area contributed by atoms with E-state index in [2.05, 4.69) is 34.6 Å². The van der Waals surface area contributed by atoms with Gasteiger partial charge in [0.25, 0.3) is 0 Å². The summed E-state index contributed by atoms with van der Waals surface area (Å²) in [5.74, 6) is 3.52. The number of esters is 2. The lowest BCUT2D eigenvalue weighted by Crippen LogP contribution is -2.63. The van der Waals surface area contributed by atoms with Crippen LogP contribution >= 0.6 is 0 Å². The van der Waals surface area contributed by atoms with Crippen LogP contribution in [-0.2, 0) is 61.6 Å². The predicted molar refractivity (Wildman–Crippen MR) is 346 cm³/mol. The second-order valence-corrected chi connectivity index (χ2v) is 29.2. The van der Waals surface area contributed by atoms with Crippen molar-refractivity contribution in [2.75, 3.05) is 14.2 Å². The van der Waals surface area contributed by atoms with Gasteiger partial charge in [-0.2, -0.15) is 52.7 Å². The molecule has 0 amide bonds. The number of aryl methyl sites for hydroxylation is 2. The second-order valence-electron chi connectivity index (χ2n) is 29.2. The monoisotopic (exact) mass is 1360 g/mol. The minimum atomic E-state index is -4.85. The van der Waals surface area contributed by atoms with Crippen molar-refractivity contribution in [3.05, 3.63) is 141 Å². The third kappa shape index (κ3) is 20.5. The second kappa shape index (κ2) is 31.8. The Morgan fingerprint density at radius 1 is 0.474 bits per heavy atom. The van der Waals surface area contributed by atoms with Crippen molar-refractivity contribution in [3.8, 4) is 0 Å². The van der Waals surface area contributed by atoms with Crippen molar-refractivity contribution in [1.82, 2.24) is 0 Å². The molecule has 4 aliphatic rings. The van der Waals surface area contributed by atoms with E-state index in [1.165, 1.54) is 82.5 Å². The Hall–Kier alpha value is -5.18. The van der Waals surface area contributed by atoms with Gasteiger partial charge in [0.1, 0.15) is 5.60 Å². The molecule has 4 aromatic carbocycles. The summed E-state index contributed by atoms with van der Waals surface area (Å²) in [7, 11) is 2.37. The Balaban J connectivity index is 0.000000274. The highest BCUT2D eigenvalue weighted by Crippen LogP contribution is 2.62. The van der Waals surface area contributed by atoms with Gasteiger partial charge in [-0.05, 0) is 228 Å². The number of rotatable bonds is 20. The maximum atomic E-state index is 14.1. The van der Waals surface area contributed by atoms with Gasteiger partial charge in [-0.25, -0.2) is 0 Å². The number of ether oxygens (including phenoxy) is 6. The molecule has 20 heteroatoms. The molecular weight excluding hydrogens is 1260 g/mol. The summed E-state index contributed by atoms with van der Waals surface area (Å²) in [4.78, 5) is 24.9. The highest BCUT2D eigenvalue weighted by Gasteiger charge is 2.62. The number of methoxy groups -OCH3 is 2. The molecule has 0 radical (unpaired) electrons. The van der Waals surface area contributed by atoms with Gasteiger partial charge in [0.05, 0.1) is 27.6 Å². The Morgan fingerprint density at radius 2 is 0.832 bits per heavy atom. The molecule has 4 aliphatic carbocycles. The molecular formula is C75H104F12O8. The van der Waals surface area contributed by atoms with Crippen molar-refractivity contribution in [1.29, 1.82) is 0 Å². The van der Waals surface area contributed by atoms with E-state index in [1.54, 1.807) is 65.8 Å². The first-order valence-electron chi connectivity index (χ1n) is 33.0. The highest BCUT2D eigenvalue weighted by molar-refractivity contribution is 5.76. The Morgan fingerprint density at radius 3 is 1.15 bits per heavy atom. The first-order chi connectivity index (χ1) is 43.4. The summed E-state index contributed by atoms with van der Waals surface area (Å²) in [6, 6.07) is 18.9. The average molecular weight is 1360 g/mol.